The molecule has 0 N–H and O–H groups in total. The summed E-state index contributed by atoms with van der Waals surface area (Å²) in [5.41, 5.74) is 2.53. The first kappa shape index (κ1) is 13.8. The highest BCUT2D eigenvalue weighted by Gasteiger charge is 2.20. The van der Waals surface area contributed by atoms with Gasteiger partial charge in [0.15, 0.2) is 0 Å². The summed E-state index contributed by atoms with van der Waals surface area (Å²) in [7, 11) is 1.73. The van der Waals surface area contributed by atoms with Crippen molar-refractivity contribution in [1.29, 1.82) is 0 Å². The molecule has 1 aromatic rings. The third-order valence-electron chi connectivity index (χ3n) is 3.22. The number of aryl methyl sites for hydroxylation is 1. The van der Waals surface area contributed by atoms with Crippen LogP contribution < -0.4 is 4.74 Å². The number of benzene rings is 1. The van der Waals surface area contributed by atoms with Crippen LogP contribution in [0.1, 0.15) is 11.1 Å². The van der Waals surface area contributed by atoms with Crippen molar-refractivity contribution >= 4 is 15.9 Å². The topological polar surface area (TPSA) is 21.7 Å². The van der Waals surface area contributed by atoms with Gasteiger partial charge in [0.1, 0.15) is 5.75 Å². The quantitative estimate of drug-likeness (QED) is 0.798. The molecule has 2 rings (SSSR count). The molecule has 0 amide bonds. The highest BCUT2D eigenvalue weighted by atomic mass is 79.9. The Balaban J connectivity index is 2.06. The molecule has 18 heavy (non-hydrogen) atoms. The van der Waals surface area contributed by atoms with Gasteiger partial charge in [0.25, 0.3) is 0 Å². The SMILES string of the molecule is COc1ccc(C)cc1CN1CCOC(CBr)C1. The molecule has 0 radical (unpaired) electrons. The number of nitrogens with zero attached hydrogens (tertiary/aromatic N) is 1. The van der Waals surface area contributed by atoms with Crippen molar-refractivity contribution < 1.29 is 9.47 Å². The number of rotatable bonds is 4. The fourth-order valence-corrected chi connectivity index (χ4v) is 2.68. The molecule has 0 spiro atoms. The molecule has 1 aliphatic rings. The molecule has 0 saturated carbocycles. The van der Waals surface area contributed by atoms with Crippen molar-refractivity contribution in [2.24, 2.45) is 0 Å². The predicted molar refractivity (Wildman–Crippen MR) is 76.5 cm³/mol. The molecule has 1 aliphatic heterocycles. The lowest BCUT2D eigenvalue weighted by Gasteiger charge is -2.32. The summed E-state index contributed by atoms with van der Waals surface area (Å²) in [5.74, 6) is 0.975. The molecule has 0 aromatic heterocycles. The van der Waals surface area contributed by atoms with Crippen molar-refractivity contribution in [3.05, 3.63) is 29.3 Å². The summed E-state index contributed by atoms with van der Waals surface area (Å²) in [6.07, 6.45) is 0.301. The second-order valence-electron chi connectivity index (χ2n) is 4.70. The van der Waals surface area contributed by atoms with E-state index >= 15 is 0 Å². The van der Waals surface area contributed by atoms with Gasteiger partial charge in [-0.2, -0.15) is 0 Å². The number of methoxy groups -OCH3 is 1. The first-order chi connectivity index (χ1) is 8.72. The molecule has 1 atom stereocenters. The number of hydrogen-bond donors (Lipinski definition) is 0. The maximum absolute atomic E-state index is 5.66. The van der Waals surface area contributed by atoms with Crippen molar-refractivity contribution in [3.63, 3.8) is 0 Å². The molecule has 1 aromatic carbocycles. The Morgan fingerprint density at radius 2 is 2.33 bits per heavy atom. The maximum Gasteiger partial charge on any atom is 0.123 e. The van der Waals surface area contributed by atoms with Crippen LogP contribution in [0, 0.1) is 6.92 Å². The summed E-state index contributed by atoms with van der Waals surface area (Å²) >= 11 is 3.49. The van der Waals surface area contributed by atoms with Gasteiger partial charge < -0.3 is 9.47 Å². The molecule has 100 valence electrons. The van der Waals surface area contributed by atoms with Gasteiger partial charge in [-0.05, 0) is 13.0 Å². The van der Waals surface area contributed by atoms with Crippen LogP contribution in [0.5, 0.6) is 5.75 Å². The van der Waals surface area contributed by atoms with Crippen LogP contribution in [0.2, 0.25) is 0 Å². The minimum atomic E-state index is 0.301. The highest BCUT2D eigenvalue weighted by molar-refractivity contribution is 9.09. The average molecular weight is 314 g/mol. The third-order valence-corrected chi connectivity index (χ3v) is 3.95. The van der Waals surface area contributed by atoms with E-state index in [-0.39, 0.29) is 0 Å². The van der Waals surface area contributed by atoms with Crippen molar-refractivity contribution in [1.82, 2.24) is 4.90 Å². The van der Waals surface area contributed by atoms with Gasteiger partial charge in [-0.25, -0.2) is 0 Å². The molecular weight excluding hydrogens is 294 g/mol. The van der Waals surface area contributed by atoms with E-state index in [9.17, 15) is 0 Å². The number of hydrogen-bond acceptors (Lipinski definition) is 3. The molecular formula is C14H20BrNO2. The lowest BCUT2D eigenvalue weighted by Crippen LogP contribution is -2.42. The normalized spacial score (nSPS) is 20.9. The van der Waals surface area contributed by atoms with E-state index in [1.54, 1.807) is 7.11 Å². The van der Waals surface area contributed by atoms with E-state index in [1.807, 2.05) is 6.07 Å². The zero-order valence-corrected chi connectivity index (χ0v) is 12.6. The summed E-state index contributed by atoms with van der Waals surface area (Å²) in [4.78, 5) is 2.42. The van der Waals surface area contributed by atoms with Crippen molar-refractivity contribution in [2.45, 2.75) is 19.6 Å². The monoisotopic (exact) mass is 313 g/mol. The van der Waals surface area contributed by atoms with Crippen molar-refractivity contribution in [3.8, 4) is 5.75 Å². The Morgan fingerprint density at radius 1 is 1.50 bits per heavy atom. The fraction of sp³-hybridized carbons (Fsp3) is 0.571. The molecule has 1 heterocycles. The molecule has 1 unspecified atom stereocenters. The van der Waals surface area contributed by atoms with Crippen LogP contribution in [0.4, 0.5) is 0 Å². The number of morpholine rings is 1. The minimum Gasteiger partial charge on any atom is -0.496 e. The lowest BCUT2D eigenvalue weighted by atomic mass is 10.1. The third kappa shape index (κ3) is 3.46. The predicted octanol–water partition coefficient (Wildman–Crippen LogP) is 2.60. The van der Waals surface area contributed by atoms with Crippen LogP contribution in [-0.2, 0) is 11.3 Å². The van der Waals surface area contributed by atoms with Gasteiger partial charge in [-0.1, -0.05) is 33.6 Å². The van der Waals surface area contributed by atoms with Crippen LogP contribution in [-0.4, -0.2) is 43.1 Å². The maximum atomic E-state index is 5.66. The van der Waals surface area contributed by atoms with E-state index in [0.29, 0.717) is 6.10 Å². The fourth-order valence-electron chi connectivity index (χ4n) is 2.29. The van der Waals surface area contributed by atoms with Gasteiger partial charge in [-0.15, -0.1) is 0 Å². The Morgan fingerprint density at radius 3 is 3.06 bits per heavy atom. The standard InChI is InChI=1S/C14H20BrNO2/c1-11-3-4-14(17-2)12(7-11)9-16-5-6-18-13(8-15)10-16/h3-4,7,13H,5-6,8-10H2,1-2H3. The summed E-state index contributed by atoms with van der Waals surface area (Å²) in [5, 5.41) is 0.897. The summed E-state index contributed by atoms with van der Waals surface area (Å²) < 4.78 is 11.1. The van der Waals surface area contributed by atoms with E-state index in [4.69, 9.17) is 9.47 Å². The van der Waals surface area contributed by atoms with Crippen LogP contribution >= 0.6 is 15.9 Å². The second kappa shape index (κ2) is 6.55. The van der Waals surface area contributed by atoms with E-state index in [1.165, 1.54) is 11.1 Å². The molecule has 1 saturated heterocycles. The minimum absolute atomic E-state index is 0.301. The highest BCUT2D eigenvalue weighted by Crippen LogP contribution is 2.22. The van der Waals surface area contributed by atoms with Crippen molar-refractivity contribution in [2.75, 3.05) is 32.1 Å². The summed E-state index contributed by atoms with van der Waals surface area (Å²) in [6, 6.07) is 6.34. The Kier molecular flexibility index (Phi) is 5.03. The average Bonchev–Trinajstić information content (AvgIpc) is 2.39. The molecule has 0 aliphatic carbocycles. The molecule has 3 nitrogen and oxygen atoms in total. The van der Waals surface area contributed by atoms with Crippen LogP contribution in [0.3, 0.4) is 0 Å². The van der Waals surface area contributed by atoms with E-state index in [2.05, 4.69) is 39.9 Å². The zero-order chi connectivity index (χ0) is 13.0. The number of alkyl halides is 1. The van der Waals surface area contributed by atoms with Gasteiger partial charge in [-0.3, -0.25) is 4.90 Å². The Hall–Kier alpha value is -0.580. The summed E-state index contributed by atoms with van der Waals surface area (Å²) in [6.45, 7) is 5.81. The largest absolute Gasteiger partial charge is 0.496 e. The lowest BCUT2D eigenvalue weighted by molar-refractivity contribution is -0.0183. The number of ether oxygens (including phenoxy) is 2. The van der Waals surface area contributed by atoms with Gasteiger partial charge in [0.05, 0.1) is 19.8 Å². The molecule has 1 fully saturated rings. The smallest absolute Gasteiger partial charge is 0.123 e. The first-order valence-electron chi connectivity index (χ1n) is 6.26. The molecule has 0 bridgehead atoms. The molecule has 4 heteroatoms. The van der Waals surface area contributed by atoms with Gasteiger partial charge in [0, 0.05) is 30.5 Å². The van der Waals surface area contributed by atoms with Gasteiger partial charge in [0.2, 0.25) is 0 Å². The van der Waals surface area contributed by atoms with Crippen LogP contribution in [0.25, 0.3) is 0 Å². The second-order valence-corrected chi connectivity index (χ2v) is 5.34. The first-order valence-corrected chi connectivity index (χ1v) is 7.38. The van der Waals surface area contributed by atoms with E-state index < -0.39 is 0 Å². The Bertz CT molecular complexity index is 397. The number of halogens is 1. The van der Waals surface area contributed by atoms with Crippen LogP contribution in [0.15, 0.2) is 18.2 Å². The van der Waals surface area contributed by atoms with E-state index in [0.717, 1.165) is 37.3 Å². The Labute approximate surface area is 117 Å². The van der Waals surface area contributed by atoms with Gasteiger partial charge >= 0.3 is 0 Å². The zero-order valence-electron chi connectivity index (χ0n) is 11.0.